The van der Waals surface area contributed by atoms with Crippen LogP contribution in [0.1, 0.15) is 88.6 Å². The number of rotatable bonds is 7. The van der Waals surface area contributed by atoms with Crippen LogP contribution in [-0.4, -0.2) is 0 Å². The lowest BCUT2D eigenvalue weighted by atomic mass is 9.69. The van der Waals surface area contributed by atoms with Gasteiger partial charge in [0.1, 0.15) is 0 Å². The molecule has 0 amide bonds. The van der Waals surface area contributed by atoms with E-state index in [1.807, 2.05) is 0 Å². The van der Waals surface area contributed by atoms with Gasteiger partial charge in [0.15, 0.2) is 0 Å². The predicted octanol–water partition coefficient (Wildman–Crippen LogP) is 8.02. The van der Waals surface area contributed by atoms with Crippen molar-refractivity contribution >= 4 is 0 Å². The summed E-state index contributed by atoms with van der Waals surface area (Å²) in [6, 6.07) is 16.4. The fourth-order valence-corrected chi connectivity index (χ4v) is 4.25. The van der Waals surface area contributed by atoms with Crippen molar-refractivity contribution in [2.75, 3.05) is 0 Å². The van der Waals surface area contributed by atoms with Gasteiger partial charge in [0.05, 0.1) is 0 Å². The Bertz CT molecular complexity index is 741. The lowest BCUT2D eigenvalue weighted by molar-refractivity contribution is 0.247. The molecule has 148 valence electrons. The molecule has 2 rings (SSSR count). The molecule has 0 nitrogen and oxygen atoms in total. The van der Waals surface area contributed by atoms with Gasteiger partial charge < -0.3 is 0 Å². The zero-order valence-electron chi connectivity index (χ0n) is 18.9. The lowest BCUT2D eigenvalue weighted by Gasteiger charge is -2.34. The molecule has 0 saturated heterocycles. The van der Waals surface area contributed by atoms with Crippen LogP contribution in [0.3, 0.4) is 0 Å². The van der Waals surface area contributed by atoms with E-state index in [2.05, 4.69) is 97.9 Å². The van der Waals surface area contributed by atoms with Crippen LogP contribution >= 0.6 is 0 Å². The zero-order valence-corrected chi connectivity index (χ0v) is 18.9. The van der Waals surface area contributed by atoms with Crippen molar-refractivity contribution in [3.63, 3.8) is 0 Å². The van der Waals surface area contributed by atoms with Crippen molar-refractivity contribution in [1.82, 2.24) is 0 Å². The van der Waals surface area contributed by atoms with Crippen LogP contribution in [0.15, 0.2) is 42.5 Å². The first-order valence-corrected chi connectivity index (χ1v) is 10.8. The first kappa shape index (κ1) is 21.7. The Labute approximate surface area is 168 Å². The fraction of sp³-hybridized carbons (Fsp3) is 0.556. The summed E-state index contributed by atoms with van der Waals surface area (Å²) in [5.74, 6) is 0.731. The summed E-state index contributed by atoms with van der Waals surface area (Å²) >= 11 is 0. The Hall–Kier alpha value is -1.56. The topological polar surface area (TPSA) is 0 Å². The molecule has 0 aliphatic carbocycles. The Morgan fingerprint density at radius 3 is 2.00 bits per heavy atom. The lowest BCUT2D eigenvalue weighted by Crippen LogP contribution is -2.26. The van der Waals surface area contributed by atoms with Crippen molar-refractivity contribution < 1.29 is 0 Å². The second kappa shape index (κ2) is 8.63. The van der Waals surface area contributed by atoms with E-state index in [1.165, 1.54) is 40.7 Å². The Kier molecular flexibility index (Phi) is 6.95. The van der Waals surface area contributed by atoms with Gasteiger partial charge in [-0.05, 0) is 73.1 Å². The van der Waals surface area contributed by atoms with Gasteiger partial charge in [0, 0.05) is 5.41 Å². The van der Waals surface area contributed by atoms with Crippen molar-refractivity contribution in [1.29, 1.82) is 0 Å². The molecule has 1 atom stereocenters. The summed E-state index contributed by atoms with van der Waals surface area (Å²) in [5.41, 5.74) is 7.76. The molecule has 0 heteroatoms. The van der Waals surface area contributed by atoms with Gasteiger partial charge in [-0.15, -0.1) is 0 Å². The molecule has 1 unspecified atom stereocenters. The quantitative estimate of drug-likeness (QED) is 0.466. The van der Waals surface area contributed by atoms with Gasteiger partial charge in [-0.2, -0.15) is 0 Å². The van der Waals surface area contributed by atoms with Crippen LogP contribution in [0.25, 0.3) is 0 Å². The van der Waals surface area contributed by atoms with Crippen molar-refractivity contribution in [3.05, 3.63) is 70.3 Å². The monoisotopic (exact) mass is 364 g/mol. The molecule has 0 N–H and O–H groups in total. The summed E-state index contributed by atoms with van der Waals surface area (Å²) < 4.78 is 0. The highest BCUT2D eigenvalue weighted by molar-refractivity contribution is 5.44. The van der Waals surface area contributed by atoms with Gasteiger partial charge in [0.2, 0.25) is 0 Å². The Morgan fingerprint density at radius 2 is 1.48 bits per heavy atom. The second-order valence-corrected chi connectivity index (χ2v) is 9.61. The normalized spacial score (nSPS) is 13.6. The highest BCUT2D eigenvalue weighted by atomic mass is 14.3. The maximum Gasteiger partial charge on any atom is 0.0197 e. The third kappa shape index (κ3) is 4.84. The van der Waals surface area contributed by atoms with E-state index in [0.29, 0.717) is 5.41 Å². The average Bonchev–Trinajstić information content (AvgIpc) is 2.61. The van der Waals surface area contributed by atoms with Gasteiger partial charge >= 0.3 is 0 Å². The maximum atomic E-state index is 2.46. The van der Waals surface area contributed by atoms with Crippen molar-refractivity contribution in [2.45, 2.75) is 86.5 Å². The maximum absolute atomic E-state index is 2.46. The van der Waals surface area contributed by atoms with Crippen molar-refractivity contribution in [2.24, 2.45) is 11.3 Å². The predicted molar refractivity (Wildman–Crippen MR) is 121 cm³/mol. The van der Waals surface area contributed by atoms with Crippen molar-refractivity contribution in [3.8, 4) is 0 Å². The zero-order chi connectivity index (χ0) is 20.2. The summed E-state index contributed by atoms with van der Waals surface area (Å²) in [4.78, 5) is 0. The minimum Gasteiger partial charge on any atom is -0.0642 e. The second-order valence-electron chi connectivity index (χ2n) is 9.61. The molecular weight excluding hydrogens is 324 g/mol. The smallest absolute Gasteiger partial charge is 0.0197 e. The molecule has 0 saturated carbocycles. The van der Waals surface area contributed by atoms with E-state index in [9.17, 15) is 0 Å². The van der Waals surface area contributed by atoms with Crippen LogP contribution in [0.5, 0.6) is 0 Å². The Morgan fingerprint density at radius 1 is 0.852 bits per heavy atom. The van der Waals surface area contributed by atoms with E-state index in [4.69, 9.17) is 0 Å². The molecule has 0 aliphatic heterocycles. The van der Waals surface area contributed by atoms with Gasteiger partial charge in [-0.1, -0.05) is 89.6 Å². The summed E-state index contributed by atoms with van der Waals surface area (Å²) in [7, 11) is 0. The van der Waals surface area contributed by atoms with E-state index in [0.717, 1.165) is 18.8 Å². The first-order chi connectivity index (χ1) is 12.6. The molecule has 2 aromatic rings. The third-order valence-corrected chi connectivity index (χ3v) is 7.00. The number of hydrogen-bond acceptors (Lipinski definition) is 0. The molecule has 0 bridgehead atoms. The van der Waals surface area contributed by atoms with Crippen LogP contribution in [0.2, 0.25) is 0 Å². The van der Waals surface area contributed by atoms with E-state index in [-0.39, 0.29) is 5.41 Å². The minimum atomic E-state index is 0.119. The van der Waals surface area contributed by atoms with Crippen LogP contribution in [-0.2, 0) is 11.8 Å². The highest BCUT2D eigenvalue weighted by Gasteiger charge is 2.31. The van der Waals surface area contributed by atoms with E-state index < -0.39 is 0 Å². The number of aryl methyl sites for hydroxylation is 3. The van der Waals surface area contributed by atoms with Crippen LogP contribution in [0.4, 0.5) is 0 Å². The molecule has 27 heavy (non-hydrogen) atoms. The number of hydrogen-bond donors (Lipinski definition) is 0. The molecule has 0 radical (unpaired) electrons. The summed E-state index contributed by atoms with van der Waals surface area (Å²) in [6.45, 7) is 18.6. The molecule has 0 aromatic heterocycles. The standard InChI is InChI=1S/C27H40/c1-9-27(10-2,24-13-11-12-20(3)18-24)25-17-16-23(21(4)19-25)15-14-22(5)26(6,7)8/h11-13,16-19,22H,9-10,14-15H2,1-8H3. The SMILES string of the molecule is CCC(CC)(c1cccc(C)c1)c1ccc(CCC(C)C(C)(C)C)c(C)c1. The van der Waals surface area contributed by atoms with Gasteiger partial charge in [0.25, 0.3) is 0 Å². The molecule has 0 fully saturated rings. The summed E-state index contributed by atoms with van der Waals surface area (Å²) in [5, 5.41) is 0. The van der Waals surface area contributed by atoms with Crippen LogP contribution < -0.4 is 0 Å². The highest BCUT2D eigenvalue weighted by Crippen LogP contribution is 2.40. The van der Waals surface area contributed by atoms with E-state index >= 15 is 0 Å². The van der Waals surface area contributed by atoms with Gasteiger partial charge in [-0.3, -0.25) is 0 Å². The average molecular weight is 365 g/mol. The molecule has 0 heterocycles. The fourth-order valence-electron chi connectivity index (χ4n) is 4.25. The van der Waals surface area contributed by atoms with Gasteiger partial charge in [-0.25, -0.2) is 0 Å². The molecule has 0 aliphatic rings. The first-order valence-electron chi connectivity index (χ1n) is 10.8. The molecule has 0 spiro atoms. The summed E-state index contributed by atoms with van der Waals surface area (Å²) in [6.07, 6.45) is 4.70. The van der Waals surface area contributed by atoms with Crippen LogP contribution in [0, 0.1) is 25.2 Å². The number of benzene rings is 2. The molecule has 2 aromatic carbocycles. The third-order valence-electron chi connectivity index (χ3n) is 7.00. The minimum absolute atomic E-state index is 0.119. The molecular formula is C27H40. The van der Waals surface area contributed by atoms with E-state index in [1.54, 1.807) is 0 Å². The largest absolute Gasteiger partial charge is 0.0642 e. The Balaban J connectivity index is 2.33.